The molecule has 0 N–H and O–H groups in total. The Kier molecular flexibility index (Phi) is 3.97. The average Bonchev–Trinajstić information content (AvgIpc) is 3.03. The van der Waals surface area contributed by atoms with Gasteiger partial charge in [0.15, 0.2) is 4.32 Å². The zero-order valence-electron chi connectivity index (χ0n) is 14.6. The second kappa shape index (κ2) is 6.07. The Morgan fingerprint density at radius 2 is 1.58 bits per heavy atom. The predicted octanol–water partition coefficient (Wildman–Crippen LogP) is 4.06. The molecule has 1 saturated heterocycles. The third-order valence-corrected chi connectivity index (χ3v) is 6.09. The molecule has 6 heteroatoms. The standard InChI is InChI=1S/C20H16N2O2S2/c1-11-7-6-8-12(2)16(11)22-19(24)17(26-20(22)25)15-13-9-4-5-10-14(13)21(3)18(15)23/h4-10H,1-3H3/b17-15-. The summed E-state index contributed by atoms with van der Waals surface area (Å²) in [6.45, 7) is 3.91. The summed E-state index contributed by atoms with van der Waals surface area (Å²) in [5.41, 5.74) is 4.78. The number of benzene rings is 2. The molecule has 2 aromatic rings. The van der Waals surface area contributed by atoms with E-state index >= 15 is 0 Å². The van der Waals surface area contributed by atoms with E-state index in [4.69, 9.17) is 12.2 Å². The number of carbonyl (C=O) groups is 2. The van der Waals surface area contributed by atoms with E-state index in [1.54, 1.807) is 16.8 Å². The van der Waals surface area contributed by atoms with Crippen LogP contribution in [-0.2, 0) is 9.59 Å². The fraction of sp³-hybridized carbons (Fsp3) is 0.150. The monoisotopic (exact) mass is 380 g/mol. The lowest BCUT2D eigenvalue weighted by Gasteiger charge is -2.19. The lowest BCUT2D eigenvalue weighted by Crippen LogP contribution is -2.29. The van der Waals surface area contributed by atoms with E-state index in [9.17, 15) is 9.59 Å². The van der Waals surface area contributed by atoms with Gasteiger partial charge in [0.25, 0.3) is 11.8 Å². The average molecular weight is 380 g/mol. The van der Waals surface area contributed by atoms with Crippen LogP contribution in [0.15, 0.2) is 47.4 Å². The number of fused-ring (bicyclic) bond motifs is 1. The molecule has 0 atom stereocenters. The van der Waals surface area contributed by atoms with E-state index in [2.05, 4.69) is 0 Å². The van der Waals surface area contributed by atoms with Crippen LogP contribution in [0.2, 0.25) is 0 Å². The van der Waals surface area contributed by atoms with Gasteiger partial charge in [0, 0.05) is 12.6 Å². The highest BCUT2D eigenvalue weighted by atomic mass is 32.2. The van der Waals surface area contributed by atoms with Crippen LogP contribution in [0.25, 0.3) is 5.57 Å². The maximum absolute atomic E-state index is 13.3. The Morgan fingerprint density at radius 3 is 2.27 bits per heavy atom. The highest BCUT2D eigenvalue weighted by Crippen LogP contribution is 2.45. The molecule has 26 heavy (non-hydrogen) atoms. The quantitative estimate of drug-likeness (QED) is 0.553. The molecular formula is C20H16N2O2S2. The summed E-state index contributed by atoms with van der Waals surface area (Å²) in [7, 11) is 1.72. The third-order valence-electron chi connectivity index (χ3n) is 4.71. The van der Waals surface area contributed by atoms with E-state index in [1.165, 1.54) is 11.8 Å². The molecule has 0 radical (unpaired) electrons. The van der Waals surface area contributed by atoms with E-state index in [0.717, 1.165) is 28.1 Å². The molecule has 4 nitrogen and oxygen atoms in total. The van der Waals surface area contributed by atoms with Gasteiger partial charge >= 0.3 is 0 Å². The van der Waals surface area contributed by atoms with Gasteiger partial charge in [-0.3, -0.25) is 14.5 Å². The minimum atomic E-state index is -0.231. The number of amides is 2. The minimum Gasteiger partial charge on any atom is -0.311 e. The number of likely N-dealkylation sites (N-methyl/N-ethyl adjacent to an activating group) is 1. The Bertz CT molecular complexity index is 1010. The van der Waals surface area contributed by atoms with Crippen LogP contribution in [0, 0.1) is 13.8 Å². The lowest BCUT2D eigenvalue weighted by atomic mass is 10.1. The molecule has 2 aliphatic heterocycles. The van der Waals surface area contributed by atoms with Crippen LogP contribution in [0.4, 0.5) is 11.4 Å². The molecule has 4 rings (SSSR count). The lowest BCUT2D eigenvalue weighted by molar-refractivity contribution is -0.115. The molecule has 1 fully saturated rings. The summed E-state index contributed by atoms with van der Waals surface area (Å²) in [4.78, 5) is 29.6. The first-order valence-electron chi connectivity index (χ1n) is 8.16. The number of thiocarbonyl (C=S) groups is 1. The second-order valence-electron chi connectivity index (χ2n) is 6.33. The Balaban J connectivity index is 1.89. The van der Waals surface area contributed by atoms with Gasteiger partial charge in [0.2, 0.25) is 0 Å². The number of anilines is 2. The van der Waals surface area contributed by atoms with Crippen LogP contribution >= 0.6 is 24.0 Å². The van der Waals surface area contributed by atoms with Crippen molar-refractivity contribution in [2.24, 2.45) is 0 Å². The first-order chi connectivity index (χ1) is 12.4. The van der Waals surface area contributed by atoms with Crippen molar-refractivity contribution in [3.8, 4) is 0 Å². The van der Waals surface area contributed by atoms with Crippen molar-refractivity contribution in [3.63, 3.8) is 0 Å². The van der Waals surface area contributed by atoms with Gasteiger partial charge in [0.1, 0.15) is 0 Å². The Morgan fingerprint density at radius 1 is 0.923 bits per heavy atom. The molecule has 0 aromatic heterocycles. The third kappa shape index (κ3) is 2.33. The van der Waals surface area contributed by atoms with E-state index in [1.807, 2.05) is 56.3 Å². The van der Waals surface area contributed by atoms with Gasteiger partial charge < -0.3 is 4.90 Å². The molecule has 0 spiro atoms. The summed E-state index contributed by atoms with van der Waals surface area (Å²) < 4.78 is 0.453. The second-order valence-corrected chi connectivity index (χ2v) is 7.98. The molecule has 2 heterocycles. The Labute approximate surface area is 161 Å². The van der Waals surface area contributed by atoms with Gasteiger partial charge in [-0.2, -0.15) is 0 Å². The number of rotatable bonds is 1. The zero-order valence-corrected chi connectivity index (χ0v) is 16.2. The molecule has 2 amide bonds. The molecule has 0 bridgehead atoms. The number of thioether (sulfide) groups is 1. The van der Waals surface area contributed by atoms with E-state index < -0.39 is 0 Å². The normalized spacial score (nSPS) is 19.6. The summed E-state index contributed by atoms with van der Waals surface area (Å²) in [6, 6.07) is 13.4. The smallest absolute Gasteiger partial charge is 0.271 e. The molecule has 0 aliphatic carbocycles. The highest BCUT2D eigenvalue weighted by molar-refractivity contribution is 8.27. The largest absolute Gasteiger partial charge is 0.311 e. The molecule has 130 valence electrons. The summed E-state index contributed by atoms with van der Waals surface area (Å²) in [5, 5.41) is 0. The first-order valence-corrected chi connectivity index (χ1v) is 9.38. The summed E-state index contributed by atoms with van der Waals surface area (Å²) in [5.74, 6) is -0.404. The number of para-hydroxylation sites is 2. The number of carbonyl (C=O) groups excluding carboxylic acids is 2. The van der Waals surface area contributed by atoms with Crippen LogP contribution in [0.3, 0.4) is 0 Å². The number of hydrogen-bond donors (Lipinski definition) is 0. The number of nitrogens with zero attached hydrogens (tertiary/aromatic N) is 2. The van der Waals surface area contributed by atoms with Crippen molar-refractivity contribution in [3.05, 3.63) is 64.1 Å². The van der Waals surface area contributed by atoms with Gasteiger partial charge in [-0.15, -0.1) is 0 Å². The van der Waals surface area contributed by atoms with Crippen molar-refractivity contribution in [1.29, 1.82) is 0 Å². The topological polar surface area (TPSA) is 40.6 Å². The first kappa shape index (κ1) is 17.0. The molecule has 2 aliphatic rings. The van der Waals surface area contributed by atoms with Gasteiger partial charge in [-0.25, -0.2) is 0 Å². The van der Waals surface area contributed by atoms with Crippen LogP contribution in [-0.4, -0.2) is 23.2 Å². The summed E-state index contributed by atoms with van der Waals surface area (Å²) in [6.07, 6.45) is 0. The maximum atomic E-state index is 13.3. The number of hydrogen-bond acceptors (Lipinski definition) is 4. The SMILES string of the molecule is Cc1cccc(C)c1N1C(=O)/C(=C2/C(=O)N(C)c3ccccc32)SC1=S. The number of aryl methyl sites for hydroxylation is 2. The van der Waals surface area contributed by atoms with Gasteiger partial charge in [0.05, 0.1) is 21.9 Å². The van der Waals surface area contributed by atoms with E-state index in [0.29, 0.717) is 14.8 Å². The fourth-order valence-corrected chi connectivity index (χ4v) is 4.80. The van der Waals surface area contributed by atoms with Crippen molar-refractivity contribution in [1.82, 2.24) is 0 Å². The van der Waals surface area contributed by atoms with Crippen molar-refractivity contribution < 1.29 is 9.59 Å². The molecular weight excluding hydrogens is 364 g/mol. The van der Waals surface area contributed by atoms with Gasteiger partial charge in [-0.1, -0.05) is 60.4 Å². The summed E-state index contributed by atoms with van der Waals surface area (Å²) >= 11 is 6.71. The Hall–Kier alpha value is -2.44. The molecule has 2 aromatic carbocycles. The fourth-order valence-electron chi connectivity index (χ4n) is 3.46. The van der Waals surface area contributed by atoms with Gasteiger partial charge in [-0.05, 0) is 31.0 Å². The highest BCUT2D eigenvalue weighted by Gasteiger charge is 2.42. The predicted molar refractivity (Wildman–Crippen MR) is 110 cm³/mol. The van der Waals surface area contributed by atoms with E-state index in [-0.39, 0.29) is 11.8 Å². The van der Waals surface area contributed by atoms with Crippen molar-refractivity contribution in [2.75, 3.05) is 16.8 Å². The van der Waals surface area contributed by atoms with Crippen LogP contribution in [0.5, 0.6) is 0 Å². The maximum Gasteiger partial charge on any atom is 0.271 e. The van der Waals surface area contributed by atoms with Crippen LogP contribution in [0.1, 0.15) is 16.7 Å². The zero-order chi connectivity index (χ0) is 18.6. The minimum absolute atomic E-state index is 0.173. The van der Waals surface area contributed by atoms with Crippen molar-refractivity contribution >= 4 is 57.1 Å². The molecule has 0 unspecified atom stereocenters. The van der Waals surface area contributed by atoms with Crippen LogP contribution < -0.4 is 9.80 Å². The van der Waals surface area contributed by atoms with Crippen molar-refractivity contribution in [2.45, 2.75) is 13.8 Å². The molecule has 0 saturated carbocycles.